The zero-order chi connectivity index (χ0) is 40.9. The fraction of sp³-hybridized carbons (Fsp3) is 0.316. The fourth-order valence-corrected chi connectivity index (χ4v) is 8.44. The van der Waals surface area contributed by atoms with E-state index in [2.05, 4.69) is 31.9 Å². The number of nitrogens with zero attached hydrogens (tertiary/aromatic N) is 6. The molecule has 1 N–H and O–H groups in total. The smallest absolute Gasteiger partial charge is 0.408 e. The van der Waals surface area contributed by atoms with Gasteiger partial charge in [-0.25, -0.2) is 14.8 Å². The minimum Gasteiger partial charge on any atom is -0.491 e. The van der Waals surface area contributed by atoms with Crippen molar-refractivity contribution in [1.29, 1.82) is 0 Å². The number of fused-ring (bicyclic) bond motifs is 8. The highest BCUT2D eigenvalue weighted by molar-refractivity contribution is 7.26. The maximum atomic E-state index is 16.5. The Morgan fingerprint density at radius 2 is 1.76 bits per heavy atom. The zero-order valence-corrected chi connectivity index (χ0v) is 31.8. The average Bonchev–Trinajstić information content (AvgIpc) is 3.90. The molecule has 20 heteroatoms. The number of carboxylic acid groups (broad SMARTS) is 1. The molecule has 0 saturated carbocycles. The summed E-state index contributed by atoms with van der Waals surface area (Å²) in [5.74, 6) is -7.13. The van der Waals surface area contributed by atoms with E-state index in [4.69, 9.17) is 30.2 Å². The van der Waals surface area contributed by atoms with Gasteiger partial charge in [-0.3, -0.25) is 9.58 Å². The summed E-state index contributed by atoms with van der Waals surface area (Å²) in [6, 6.07) is 9.37. The first-order chi connectivity index (χ1) is 27.7. The lowest BCUT2D eigenvalue weighted by Crippen LogP contribution is -2.45. The molecule has 3 aromatic carbocycles. The Hall–Kier alpha value is -5.37. The van der Waals surface area contributed by atoms with Gasteiger partial charge >= 0.3 is 18.1 Å². The summed E-state index contributed by atoms with van der Waals surface area (Å²) in [5, 5.41) is 15.4. The molecule has 1 aliphatic heterocycles. The van der Waals surface area contributed by atoms with Gasteiger partial charge in [-0.05, 0) is 42.8 Å². The van der Waals surface area contributed by atoms with E-state index in [9.17, 15) is 27.5 Å². The van der Waals surface area contributed by atoms with Crippen molar-refractivity contribution in [3.05, 3.63) is 83.3 Å². The molecule has 0 aliphatic carbocycles. The molecular weight excluding hydrogens is 818 g/mol. The lowest BCUT2D eigenvalue weighted by atomic mass is 10.0. The molecule has 304 valence electrons. The number of thiophene rings is 1. The molecule has 5 heterocycles. The van der Waals surface area contributed by atoms with Crippen LogP contribution in [0.3, 0.4) is 0 Å². The van der Waals surface area contributed by atoms with E-state index in [0.717, 1.165) is 62.2 Å². The number of piperazine rings is 1. The molecule has 1 aliphatic rings. The maximum Gasteiger partial charge on any atom is 0.408 e. The van der Waals surface area contributed by atoms with Crippen molar-refractivity contribution in [2.24, 2.45) is 0 Å². The van der Waals surface area contributed by atoms with Gasteiger partial charge in [0.15, 0.2) is 5.58 Å². The second-order valence-corrected chi connectivity index (χ2v) is 15.0. The molecule has 0 amide bonds. The normalized spacial score (nSPS) is 15.2. The molecule has 1 atom stereocenters. The van der Waals surface area contributed by atoms with Crippen molar-refractivity contribution in [3.8, 4) is 17.4 Å². The molecule has 1 unspecified atom stereocenters. The highest BCUT2D eigenvalue weighted by Gasteiger charge is 2.51. The van der Waals surface area contributed by atoms with Crippen LogP contribution in [0.5, 0.6) is 17.4 Å². The minimum atomic E-state index is -4.61. The Bertz CT molecular complexity index is 2660. The van der Waals surface area contributed by atoms with E-state index in [1.165, 1.54) is 24.3 Å². The summed E-state index contributed by atoms with van der Waals surface area (Å²) >= 11 is 8.00. The molecule has 1 fully saturated rings. The topological polar surface area (TPSA) is 128 Å². The highest BCUT2D eigenvalue weighted by Crippen LogP contribution is 2.50. The molecule has 4 aromatic heterocycles. The Labute approximate surface area is 333 Å². The van der Waals surface area contributed by atoms with E-state index in [1.54, 1.807) is 12.1 Å². The number of alkyl halides is 5. The molecular formula is C38H31ClF6N6O6S. The number of furan rings is 1. The molecule has 58 heavy (non-hydrogen) atoms. The van der Waals surface area contributed by atoms with Gasteiger partial charge < -0.3 is 28.6 Å². The summed E-state index contributed by atoms with van der Waals surface area (Å²) < 4.78 is 111. The Morgan fingerprint density at radius 1 is 0.983 bits per heavy atom. The van der Waals surface area contributed by atoms with Crippen LogP contribution >= 0.6 is 22.9 Å². The van der Waals surface area contributed by atoms with E-state index < -0.39 is 60.5 Å². The van der Waals surface area contributed by atoms with Gasteiger partial charge in [-0.15, -0.1) is 11.3 Å². The lowest BCUT2D eigenvalue weighted by molar-refractivity contribution is -0.168. The van der Waals surface area contributed by atoms with Crippen LogP contribution in [0.15, 0.2) is 65.5 Å². The number of carbonyl (C=O) groups is 1. The summed E-state index contributed by atoms with van der Waals surface area (Å²) in [4.78, 5) is 25.7. The summed E-state index contributed by atoms with van der Waals surface area (Å²) in [7, 11) is 2.06. The molecule has 0 radical (unpaired) electrons. The third-order valence-corrected chi connectivity index (χ3v) is 11.3. The highest BCUT2D eigenvalue weighted by atomic mass is 35.5. The predicted octanol–water partition coefficient (Wildman–Crippen LogP) is 8.12. The van der Waals surface area contributed by atoms with Gasteiger partial charge in [0.2, 0.25) is 5.88 Å². The van der Waals surface area contributed by atoms with Crippen molar-refractivity contribution in [1.82, 2.24) is 29.5 Å². The second-order valence-electron chi connectivity index (χ2n) is 13.6. The van der Waals surface area contributed by atoms with E-state index in [0.29, 0.717) is 44.4 Å². The first kappa shape index (κ1) is 39.5. The molecule has 7 aromatic rings. The number of halogens is 7. The van der Waals surface area contributed by atoms with Crippen molar-refractivity contribution in [2.75, 3.05) is 46.4 Å². The number of aliphatic carboxylic acids is 1. The maximum absolute atomic E-state index is 16.5. The third kappa shape index (κ3) is 7.54. The van der Waals surface area contributed by atoms with Crippen LogP contribution in [0.4, 0.5) is 26.3 Å². The van der Waals surface area contributed by atoms with Crippen LogP contribution in [0.1, 0.15) is 11.3 Å². The summed E-state index contributed by atoms with van der Waals surface area (Å²) in [5.41, 5.74) is -0.917. The van der Waals surface area contributed by atoms with Crippen molar-refractivity contribution in [3.63, 3.8) is 0 Å². The number of hydrogen-bond acceptors (Lipinski definition) is 11. The van der Waals surface area contributed by atoms with Crippen LogP contribution in [0.2, 0.25) is 5.02 Å². The van der Waals surface area contributed by atoms with Crippen molar-refractivity contribution >= 4 is 71.0 Å². The average molecular weight is 849 g/mol. The third-order valence-electron chi connectivity index (χ3n) is 9.81. The number of hydrogen-bond donors (Lipinski definition) is 1. The monoisotopic (exact) mass is 848 g/mol. The standard InChI is InChI=1S/C38H31ClF6N6O6S/c1-49-10-12-50(13-11-49)14-15-54-25-7-6-21-27(30(25)39)22-16-26(40)56-31(22)32-28(21)29-34(46-19-47-35(29)58-32)57-33(36(52)53)38(44,45)23-4-2-3-5-24(23)55-17-20-8-9-48-51(20)18-37(41,42)43/h2-9,16,19,33H,10-15,17-18H2,1H3,(H,52,53). The number of likely N-dealkylation sites (N-methyl/N-ethyl adjacent to an activating group) is 1. The van der Waals surface area contributed by atoms with Gasteiger partial charge in [0.05, 0.1) is 26.4 Å². The van der Waals surface area contributed by atoms with Gasteiger partial charge in [0.1, 0.15) is 42.4 Å². The largest absolute Gasteiger partial charge is 0.491 e. The van der Waals surface area contributed by atoms with Gasteiger partial charge in [-0.1, -0.05) is 23.7 Å². The molecule has 8 rings (SSSR count). The van der Waals surface area contributed by atoms with Crippen molar-refractivity contribution < 1.29 is 54.9 Å². The lowest BCUT2D eigenvalue weighted by Gasteiger charge is -2.32. The quantitative estimate of drug-likeness (QED) is 0.113. The molecule has 0 bridgehead atoms. The summed E-state index contributed by atoms with van der Waals surface area (Å²) in [6.07, 6.45) is -5.42. The number of para-hydroxylation sites is 1. The van der Waals surface area contributed by atoms with Gasteiger partial charge in [-0.2, -0.15) is 31.4 Å². The molecule has 0 spiro atoms. The van der Waals surface area contributed by atoms with Crippen LogP contribution in [0, 0.1) is 6.01 Å². The van der Waals surface area contributed by atoms with Crippen LogP contribution in [0.25, 0.3) is 42.0 Å². The fourth-order valence-electron chi connectivity index (χ4n) is 6.97. The second kappa shape index (κ2) is 15.4. The first-order valence-corrected chi connectivity index (χ1v) is 18.9. The molecule has 12 nitrogen and oxygen atoms in total. The van der Waals surface area contributed by atoms with Crippen LogP contribution in [-0.2, 0) is 23.9 Å². The first-order valence-electron chi connectivity index (χ1n) is 17.7. The minimum absolute atomic E-state index is 0.0375. The Morgan fingerprint density at radius 3 is 2.52 bits per heavy atom. The number of aromatic nitrogens is 4. The molecule has 1 saturated heterocycles. The number of carboxylic acids is 1. The van der Waals surface area contributed by atoms with Crippen LogP contribution < -0.4 is 14.2 Å². The SMILES string of the molecule is CN1CCN(CCOc2ccc3c(c2Cl)c2cc(F)oc2c2sc4ncnc(OC(C(=O)O)C(F)(F)c5ccccc5OCc5ccnn5CC(F)(F)F)c4c32)CC1. The summed E-state index contributed by atoms with van der Waals surface area (Å²) in [6.45, 7) is 2.54. The number of rotatable bonds is 13. The van der Waals surface area contributed by atoms with Crippen LogP contribution in [-0.4, -0.2) is 99.3 Å². The Kier molecular flexibility index (Phi) is 10.5. The number of benzene rings is 3. The van der Waals surface area contributed by atoms with Gasteiger partial charge in [0, 0.05) is 61.1 Å². The van der Waals surface area contributed by atoms with Crippen molar-refractivity contribution in [2.45, 2.75) is 31.4 Å². The van der Waals surface area contributed by atoms with E-state index in [-0.39, 0.29) is 31.9 Å². The predicted molar refractivity (Wildman–Crippen MR) is 202 cm³/mol. The van der Waals surface area contributed by atoms with Gasteiger partial charge in [0.25, 0.3) is 12.1 Å². The Balaban J connectivity index is 1.16. The zero-order valence-electron chi connectivity index (χ0n) is 30.2. The van der Waals surface area contributed by atoms with E-state index >= 15 is 8.78 Å². The number of ether oxygens (including phenoxy) is 3. The van der Waals surface area contributed by atoms with E-state index in [1.807, 2.05) is 0 Å².